The number of hydrogen-bond acceptors (Lipinski definition) is 5. The molecule has 0 radical (unpaired) electrons. The number of nitrogens with one attached hydrogen (secondary N) is 1. The molecular formula is C24H25N3O3S2. The maximum absolute atomic E-state index is 13.3. The average Bonchev–Trinajstić information content (AvgIpc) is 2.79. The Kier molecular flexibility index (Phi) is 7.71. The Balaban J connectivity index is 1.80. The maximum Gasteiger partial charge on any atom is 0.264 e. The van der Waals surface area contributed by atoms with Gasteiger partial charge in [0.2, 0.25) is 0 Å². The third-order valence-electron chi connectivity index (χ3n) is 4.74. The molecule has 0 bridgehead atoms. The van der Waals surface area contributed by atoms with Gasteiger partial charge in [0.05, 0.1) is 16.8 Å². The number of rotatable bonds is 8. The highest BCUT2D eigenvalue weighted by Crippen LogP contribution is 2.24. The Morgan fingerprint density at radius 1 is 0.938 bits per heavy atom. The van der Waals surface area contributed by atoms with Gasteiger partial charge in [-0.1, -0.05) is 47.5 Å². The van der Waals surface area contributed by atoms with E-state index >= 15 is 0 Å². The molecule has 0 aromatic heterocycles. The summed E-state index contributed by atoms with van der Waals surface area (Å²) < 4.78 is 27.7. The van der Waals surface area contributed by atoms with E-state index in [0.717, 1.165) is 25.9 Å². The zero-order valence-electron chi connectivity index (χ0n) is 18.1. The monoisotopic (exact) mass is 467 g/mol. The first-order chi connectivity index (χ1) is 15.3. The quantitative estimate of drug-likeness (QED) is 0.303. The van der Waals surface area contributed by atoms with Crippen molar-refractivity contribution in [2.24, 2.45) is 5.10 Å². The number of carbonyl (C=O) groups excluding carboxylic acids is 1. The smallest absolute Gasteiger partial charge is 0.264 e. The van der Waals surface area contributed by atoms with Crippen LogP contribution in [0.4, 0.5) is 5.69 Å². The molecule has 0 aliphatic heterocycles. The van der Waals surface area contributed by atoms with Crippen molar-refractivity contribution in [3.8, 4) is 0 Å². The van der Waals surface area contributed by atoms with Crippen LogP contribution in [-0.4, -0.2) is 33.3 Å². The molecule has 0 atom stereocenters. The molecular weight excluding hydrogens is 442 g/mol. The van der Waals surface area contributed by atoms with Gasteiger partial charge in [-0.3, -0.25) is 9.10 Å². The zero-order chi connectivity index (χ0) is 23.1. The van der Waals surface area contributed by atoms with Gasteiger partial charge >= 0.3 is 0 Å². The Labute approximate surface area is 193 Å². The van der Waals surface area contributed by atoms with Crippen LogP contribution in [0.15, 0.2) is 87.7 Å². The largest absolute Gasteiger partial charge is 0.271 e. The van der Waals surface area contributed by atoms with Crippen molar-refractivity contribution < 1.29 is 13.2 Å². The van der Waals surface area contributed by atoms with Crippen LogP contribution >= 0.6 is 11.8 Å². The number of aryl methyl sites for hydroxylation is 2. The fourth-order valence-electron chi connectivity index (χ4n) is 2.90. The van der Waals surface area contributed by atoms with E-state index in [1.54, 1.807) is 60.3 Å². The molecule has 3 aromatic rings. The number of hydrazone groups is 1. The van der Waals surface area contributed by atoms with E-state index in [1.807, 2.05) is 44.4 Å². The summed E-state index contributed by atoms with van der Waals surface area (Å²) in [5.74, 6) is -0.543. The van der Waals surface area contributed by atoms with Crippen molar-refractivity contribution in [2.45, 2.75) is 23.6 Å². The van der Waals surface area contributed by atoms with Gasteiger partial charge < -0.3 is 0 Å². The SMILES string of the molecule is CSc1ccc(/C=N\NC(=O)CN(c2ccc(C)cc2)S(=O)(=O)c2ccc(C)cc2)cc1. The highest BCUT2D eigenvalue weighted by Gasteiger charge is 2.27. The molecule has 0 unspecified atom stereocenters. The predicted octanol–water partition coefficient (Wildman–Crippen LogP) is 4.37. The van der Waals surface area contributed by atoms with Gasteiger partial charge in [0, 0.05) is 4.90 Å². The van der Waals surface area contributed by atoms with Gasteiger partial charge in [-0.2, -0.15) is 5.10 Å². The molecule has 0 heterocycles. The van der Waals surface area contributed by atoms with E-state index in [9.17, 15) is 13.2 Å². The summed E-state index contributed by atoms with van der Waals surface area (Å²) in [7, 11) is -3.95. The lowest BCUT2D eigenvalue weighted by molar-refractivity contribution is -0.119. The summed E-state index contributed by atoms with van der Waals surface area (Å²) in [6.07, 6.45) is 3.51. The number of hydrogen-bond donors (Lipinski definition) is 1. The van der Waals surface area contributed by atoms with Gasteiger partial charge in [0.1, 0.15) is 6.54 Å². The Hall–Kier alpha value is -3.10. The van der Waals surface area contributed by atoms with Crippen LogP contribution in [0.3, 0.4) is 0 Å². The lowest BCUT2D eigenvalue weighted by Crippen LogP contribution is -2.39. The van der Waals surface area contributed by atoms with Crippen molar-refractivity contribution >= 4 is 39.6 Å². The van der Waals surface area contributed by atoms with E-state index in [0.29, 0.717) is 5.69 Å². The lowest BCUT2D eigenvalue weighted by Gasteiger charge is -2.24. The fourth-order valence-corrected chi connectivity index (χ4v) is 4.73. The number of benzene rings is 3. The van der Waals surface area contributed by atoms with Crippen LogP contribution in [0.5, 0.6) is 0 Å². The van der Waals surface area contributed by atoms with E-state index in [4.69, 9.17) is 0 Å². The molecule has 166 valence electrons. The van der Waals surface area contributed by atoms with E-state index in [1.165, 1.54) is 6.21 Å². The zero-order valence-corrected chi connectivity index (χ0v) is 19.8. The summed E-state index contributed by atoms with van der Waals surface area (Å²) in [5, 5.41) is 3.97. The number of thioether (sulfide) groups is 1. The maximum atomic E-state index is 13.3. The molecule has 0 saturated heterocycles. The minimum absolute atomic E-state index is 0.119. The molecule has 3 rings (SSSR count). The Morgan fingerprint density at radius 2 is 1.50 bits per heavy atom. The molecule has 1 N–H and O–H groups in total. The first kappa shape index (κ1) is 23.6. The molecule has 1 amide bonds. The molecule has 32 heavy (non-hydrogen) atoms. The van der Waals surface area contributed by atoms with E-state index < -0.39 is 22.5 Å². The molecule has 0 saturated carbocycles. The summed E-state index contributed by atoms with van der Waals surface area (Å²) in [6, 6.07) is 21.2. The second kappa shape index (κ2) is 10.5. The molecule has 6 nitrogen and oxygen atoms in total. The van der Waals surface area contributed by atoms with Gasteiger partial charge in [0.25, 0.3) is 15.9 Å². The summed E-state index contributed by atoms with van der Waals surface area (Å²) in [4.78, 5) is 13.8. The number of amides is 1. The number of anilines is 1. The van der Waals surface area contributed by atoms with E-state index in [-0.39, 0.29) is 4.90 Å². The Bertz CT molecular complexity index is 1190. The van der Waals surface area contributed by atoms with Gasteiger partial charge in [0.15, 0.2) is 0 Å². The third-order valence-corrected chi connectivity index (χ3v) is 7.27. The predicted molar refractivity (Wildman–Crippen MR) is 131 cm³/mol. The van der Waals surface area contributed by atoms with Gasteiger partial charge in [-0.05, 0) is 62.1 Å². The highest BCUT2D eigenvalue weighted by molar-refractivity contribution is 7.98. The lowest BCUT2D eigenvalue weighted by atomic mass is 10.2. The molecule has 3 aromatic carbocycles. The molecule has 0 aliphatic carbocycles. The average molecular weight is 468 g/mol. The van der Waals surface area contributed by atoms with Crippen LogP contribution in [0, 0.1) is 13.8 Å². The van der Waals surface area contributed by atoms with Crippen molar-refractivity contribution in [1.82, 2.24) is 5.43 Å². The van der Waals surface area contributed by atoms with Gasteiger partial charge in [-0.15, -0.1) is 11.8 Å². The standard InChI is InChI=1S/C24H25N3O3S2/c1-18-4-10-21(11-5-18)27(32(29,30)23-14-6-19(2)7-15-23)17-24(28)26-25-16-20-8-12-22(31-3)13-9-20/h4-16H,17H2,1-3H3,(H,26,28)/b25-16-. The number of nitrogens with zero attached hydrogens (tertiary/aromatic N) is 2. The molecule has 0 fully saturated rings. The van der Waals surface area contributed by atoms with Crippen molar-refractivity contribution in [3.63, 3.8) is 0 Å². The minimum Gasteiger partial charge on any atom is -0.271 e. The molecule has 0 aliphatic rings. The summed E-state index contributed by atoms with van der Waals surface area (Å²) in [6.45, 7) is 3.39. The minimum atomic E-state index is -3.95. The molecule has 0 spiro atoms. The fraction of sp³-hybridized carbons (Fsp3) is 0.167. The normalized spacial score (nSPS) is 11.5. The highest BCUT2D eigenvalue weighted by atomic mass is 32.2. The summed E-state index contributed by atoms with van der Waals surface area (Å²) >= 11 is 1.64. The van der Waals surface area contributed by atoms with Crippen LogP contribution in [0.2, 0.25) is 0 Å². The summed E-state index contributed by atoms with van der Waals surface area (Å²) in [5.41, 5.74) is 5.59. The van der Waals surface area contributed by atoms with Gasteiger partial charge in [-0.25, -0.2) is 13.8 Å². The number of sulfonamides is 1. The van der Waals surface area contributed by atoms with Crippen LogP contribution in [0.1, 0.15) is 16.7 Å². The number of carbonyl (C=O) groups is 1. The van der Waals surface area contributed by atoms with Crippen molar-refractivity contribution in [1.29, 1.82) is 0 Å². The first-order valence-corrected chi connectivity index (χ1v) is 12.6. The van der Waals surface area contributed by atoms with Crippen molar-refractivity contribution in [2.75, 3.05) is 17.1 Å². The second-order valence-electron chi connectivity index (χ2n) is 7.23. The third kappa shape index (κ3) is 5.99. The Morgan fingerprint density at radius 3 is 2.06 bits per heavy atom. The van der Waals surface area contributed by atoms with Crippen LogP contribution in [-0.2, 0) is 14.8 Å². The van der Waals surface area contributed by atoms with E-state index in [2.05, 4.69) is 10.5 Å². The topological polar surface area (TPSA) is 78.8 Å². The van der Waals surface area contributed by atoms with Crippen LogP contribution < -0.4 is 9.73 Å². The molecule has 8 heteroatoms. The second-order valence-corrected chi connectivity index (χ2v) is 9.97. The van der Waals surface area contributed by atoms with Crippen molar-refractivity contribution in [3.05, 3.63) is 89.5 Å². The van der Waals surface area contributed by atoms with Crippen LogP contribution in [0.25, 0.3) is 0 Å². The first-order valence-electron chi connectivity index (χ1n) is 9.91.